The van der Waals surface area contributed by atoms with Crippen molar-refractivity contribution in [3.05, 3.63) is 42.2 Å². The summed E-state index contributed by atoms with van der Waals surface area (Å²) in [7, 11) is 0. The number of aromatic nitrogens is 2. The van der Waals surface area contributed by atoms with Crippen LogP contribution < -0.4 is 4.74 Å². The molecule has 0 atom stereocenters. The summed E-state index contributed by atoms with van der Waals surface area (Å²) in [6, 6.07) is 5.61. The number of rotatable bonds is 3. The molecule has 0 fully saturated rings. The van der Waals surface area contributed by atoms with Gasteiger partial charge in [-0.15, -0.1) is 0 Å². The first-order valence-electron chi connectivity index (χ1n) is 4.68. The molecule has 0 saturated heterocycles. The molecule has 2 N–H and O–H groups in total. The summed E-state index contributed by atoms with van der Waals surface area (Å²) in [6.07, 6.45) is 3.02. The Morgan fingerprint density at radius 2 is 1.94 bits per heavy atom. The van der Waals surface area contributed by atoms with Crippen molar-refractivity contribution in [1.82, 2.24) is 9.97 Å². The minimum absolute atomic E-state index is 0.120. The van der Waals surface area contributed by atoms with Crippen LogP contribution in [0.15, 0.2) is 36.7 Å². The van der Waals surface area contributed by atoms with E-state index in [0.29, 0.717) is 0 Å². The van der Waals surface area contributed by atoms with Crippen molar-refractivity contribution in [2.75, 3.05) is 0 Å². The van der Waals surface area contributed by atoms with E-state index in [-0.39, 0.29) is 23.1 Å². The van der Waals surface area contributed by atoms with E-state index in [1.165, 1.54) is 30.6 Å². The molecule has 1 heterocycles. The minimum atomic E-state index is -1.20. The Labute approximate surface area is 96.2 Å². The van der Waals surface area contributed by atoms with E-state index in [1.54, 1.807) is 6.07 Å². The van der Waals surface area contributed by atoms with E-state index in [1.807, 2.05) is 0 Å². The molecule has 6 nitrogen and oxygen atoms in total. The van der Waals surface area contributed by atoms with Gasteiger partial charge < -0.3 is 14.9 Å². The summed E-state index contributed by atoms with van der Waals surface area (Å²) in [4.78, 5) is 18.3. The number of hydrogen-bond donors (Lipinski definition) is 2. The number of carboxylic acid groups (broad SMARTS) is 1. The van der Waals surface area contributed by atoms with Crippen LogP contribution in [0.4, 0.5) is 0 Å². The Morgan fingerprint density at radius 1 is 1.24 bits per heavy atom. The molecule has 17 heavy (non-hydrogen) atoms. The third-order valence-corrected chi connectivity index (χ3v) is 1.95. The van der Waals surface area contributed by atoms with E-state index in [0.717, 1.165) is 0 Å². The number of hydrogen-bond acceptors (Lipinski definition) is 5. The average molecular weight is 232 g/mol. The second-order valence-electron chi connectivity index (χ2n) is 3.12. The zero-order valence-corrected chi connectivity index (χ0v) is 8.57. The van der Waals surface area contributed by atoms with Gasteiger partial charge in [-0.1, -0.05) is 0 Å². The first kappa shape index (κ1) is 10.9. The van der Waals surface area contributed by atoms with Gasteiger partial charge >= 0.3 is 12.0 Å². The van der Waals surface area contributed by atoms with Crippen LogP contribution in [-0.4, -0.2) is 26.2 Å². The van der Waals surface area contributed by atoms with E-state index in [9.17, 15) is 9.90 Å². The number of phenols is 1. The number of aromatic carboxylic acids is 1. The van der Waals surface area contributed by atoms with Crippen molar-refractivity contribution in [3.8, 4) is 17.5 Å². The third-order valence-electron chi connectivity index (χ3n) is 1.95. The summed E-state index contributed by atoms with van der Waals surface area (Å²) in [5.74, 6) is -1.31. The lowest BCUT2D eigenvalue weighted by Gasteiger charge is -2.04. The zero-order valence-electron chi connectivity index (χ0n) is 8.57. The molecule has 0 saturated carbocycles. The van der Waals surface area contributed by atoms with Crippen LogP contribution in [0.2, 0.25) is 0 Å². The molecule has 0 radical (unpaired) electrons. The number of carbonyl (C=O) groups is 1. The Balaban J connectivity index is 2.24. The lowest BCUT2D eigenvalue weighted by Crippen LogP contribution is -1.97. The van der Waals surface area contributed by atoms with Crippen LogP contribution in [0.5, 0.6) is 17.5 Å². The van der Waals surface area contributed by atoms with Crippen molar-refractivity contribution in [1.29, 1.82) is 0 Å². The smallest absolute Gasteiger partial charge is 0.339 e. The highest BCUT2D eigenvalue weighted by molar-refractivity contribution is 5.90. The molecule has 0 aliphatic heterocycles. The lowest BCUT2D eigenvalue weighted by molar-refractivity contribution is 0.0693. The van der Waals surface area contributed by atoms with Crippen molar-refractivity contribution >= 4 is 5.97 Å². The van der Waals surface area contributed by atoms with Gasteiger partial charge in [0.05, 0.1) is 0 Å². The third kappa shape index (κ3) is 2.49. The minimum Gasteiger partial charge on any atom is -0.507 e. The normalized spacial score (nSPS) is 9.88. The summed E-state index contributed by atoms with van der Waals surface area (Å²) in [5, 5.41) is 18.2. The van der Waals surface area contributed by atoms with Crippen LogP contribution in [0.3, 0.4) is 0 Å². The van der Waals surface area contributed by atoms with E-state index in [4.69, 9.17) is 9.84 Å². The molecular weight excluding hydrogens is 224 g/mol. The zero-order chi connectivity index (χ0) is 12.3. The van der Waals surface area contributed by atoms with Crippen LogP contribution in [0.25, 0.3) is 0 Å². The molecule has 0 unspecified atom stereocenters. The molecule has 0 amide bonds. The summed E-state index contributed by atoms with van der Waals surface area (Å²) in [5.41, 5.74) is -0.189. The number of nitrogens with zero attached hydrogens (tertiary/aromatic N) is 2. The van der Waals surface area contributed by atoms with Gasteiger partial charge in [0, 0.05) is 18.5 Å². The Hall–Kier alpha value is -2.63. The standard InChI is InChI=1S/C11H8N2O4/c14-9-6-7(2-3-8(9)10(15)16)17-11-12-4-1-5-13-11/h1-6,14H,(H,15,16). The summed E-state index contributed by atoms with van der Waals surface area (Å²) >= 11 is 0. The summed E-state index contributed by atoms with van der Waals surface area (Å²) in [6.45, 7) is 0. The topological polar surface area (TPSA) is 92.5 Å². The van der Waals surface area contributed by atoms with Gasteiger partial charge in [-0.05, 0) is 18.2 Å². The van der Waals surface area contributed by atoms with E-state index < -0.39 is 5.97 Å². The van der Waals surface area contributed by atoms with Crippen molar-refractivity contribution < 1.29 is 19.7 Å². The number of aromatic hydroxyl groups is 1. The molecule has 2 rings (SSSR count). The van der Waals surface area contributed by atoms with Gasteiger partial charge in [-0.3, -0.25) is 0 Å². The van der Waals surface area contributed by atoms with Crippen LogP contribution >= 0.6 is 0 Å². The fourth-order valence-electron chi connectivity index (χ4n) is 1.20. The van der Waals surface area contributed by atoms with Gasteiger partial charge in [0.2, 0.25) is 0 Å². The molecule has 0 aliphatic rings. The van der Waals surface area contributed by atoms with Gasteiger partial charge in [-0.2, -0.15) is 0 Å². The predicted molar refractivity (Wildman–Crippen MR) is 57.2 cm³/mol. The second kappa shape index (κ2) is 4.48. The first-order chi connectivity index (χ1) is 8.16. The molecule has 0 aliphatic carbocycles. The average Bonchev–Trinajstić information content (AvgIpc) is 2.30. The van der Waals surface area contributed by atoms with Crippen LogP contribution in [0.1, 0.15) is 10.4 Å². The number of benzene rings is 1. The highest BCUT2D eigenvalue weighted by Crippen LogP contribution is 2.25. The molecule has 0 spiro atoms. The molecule has 0 bridgehead atoms. The van der Waals surface area contributed by atoms with Crippen LogP contribution in [-0.2, 0) is 0 Å². The van der Waals surface area contributed by atoms with Crippen molar-refractivity contribution in [2.45, 2.75) is 0 Å². The van der Waals surface area contributed by atoms with Gasteiger partial charge in [0.1, 0.15) is 17.1 Å². The maximum absolute atomic E-state index is 10.7. The highest BCUT2D eigenvalue weighted by atomic mass is 16.5. The molecule has 6 heteroatoms. The quantitative estimate of drug-likeness (QED) is 0.836. The van der Waals surface area contributed by atoms with Crippen molar-refractivity contribution in [2.24, 2.45) is 0 Å². The first-order valence-corrected chi connectivity index (χ1v) is 4.68. The molecule has 86 valence electrons. The van der Waals surface area contributed by atoms with Crippen molar-refractivity contribution in [3.63, 3.8) is 0 Å². The molecule has 2 aromatic rings. The van der Waals surface area contributed by atoms with E-state index in [2.05, 4.69) is 9.97 Å². The number of carboxylic acids is 1. The van der Waals surface area contributed by atoms with Crippen LogP contribution in [0, 0.1) is 0 Å². The maximum Gasteiger partial charge on any atom is 0.339 e. The molecule has 1 aromatic carbocycles. The lowest BCUT2D eigenvalue weighted by atomic mass is 10.2. The summed E-state index contributed by atoms with van der Waals surface area (Å²) < 4.78 is 5.22. The second-order valence-corrected chi connectivity index (χ2v) is 3.12. The van der Waals surface area contributed by atoms with E-state index >= 15 is 0 Å². The Kier molecular flexibility index (Phi) is 2.87. The van der Waals surface area contributed by atoms with Gasteiger partial charge in [-0.25, -0.2) is 14.8 Å². The molecular formula is C11H8N2O4. The van der Waals surface area contributed by atoms with Gasteiger partial charge in [0.25, 0.3) is 0 Å². The Morgan fingerprint density at radius 3 is 2.53 bits per heavy atom. The fourth-order valence-corrected chi connectivity index (χ4v) is 1.20. The highest BCUT2D eigenvalue weighted by Gasteiger charge is 2.10. The maximum atomic E-state index is 10.7. The fraction of sp³-hybridized carbons (Fsp3) is 0. The monoisotopic (exact) mass is 232 g/mol. The largest absolute Gasteiger partial charge is 0.507 e. The molecule has 1 aromatic heterocycles. The van der Waals surface area contributed by atoms with Gasteiger partial charge in [0.15, 0.2) is 0 Å². The Bertz CT molecular complexity index is 542. The predicted octanol–water partition coefficient (Wildman–Crippen LogP) is 1.67. The SMILES string of the molecule is O=C(O)c1ccc(Oc2ncccn2)cc1O. The number of ether oxygens (including phenoxy) is 1.